The summed E-state index contributed by atoms with van der Waals surface area (Å²) in [7, 11) is -1.31. The second kappa shape index (κ2) is 7.26. The first-order chi connectivity index (χ1) is 14.2. The second-order valence-corrected chi connectivity index (χ2v) is 8.57. The number of fused-ring (bicyclic) bond motifs is 2. The molecule has 0 spiro atoms. The molecule has 5 rings (SSSR count). The van der Waals surface area contributed by atoms with Crippen molar-refractivity contribution in [2.45, 2.75) is 16.7 Å². The smallest absolute Gasteiger partial charge is 0.0856 e. The maximum Gasteiger partial charge on any atom is 0.0856 e. The van der Waals surface area contributed by atoms with Gasteiger partial charge in [0.25, 0.3) is 0 Å². The molecule has 0 bridgehead atoms. The van der Waals surface area contributed by atoms with Crippen molar-refractivity contribution in [1.29, 1.82) is 0 Å². The van der Waals surface area contributed by atoms with Crippen molar-refractivity contribution in [2.75, 3.05) is 0 Å². The van der Waals surface area contributed by atoms with Crippen LogP contribution in [0.25, 0.3) is 32.8 Å². The van der Waals surface area contributed by atoms with Crippen LogP contribution < -0.4 is 0 Å². The lowest BCUT2D eigenvalue weighted by Crippen LogP contribution is -1.99. The summed E-state index contributed by atoms with van der Waals surface area (Å²) in [6.07, 6.45) is 1.83. The molecule has 2 nitrogen and oxygen atoms in total. The van der Waals surface area contributed by atoms with Gasteiger partial charge in [0, 0.05) is 22.0 Å². The SMILES string of the molecule is Cc1ccc([S@](=O)c2ccc3ccccc3c2-c2nccc3ccccc23)cc1. The molecule has 0 N–H and O–H groups in total. The topological polar surface area (TPSA) is 30.0 Å². The fraction of sp³-hybridized carbons (Fsp3) is 0.0385. The van der Waals surface area contributed by atoms with E-state index < -0.39 is 10.8 Å². The average Bonchev–Trinajstić information content (AvgIpc) is 2.78. The van der Waals surface area contributed by atoms with E-state index in [2.05, 4.69) is 24.3 Å². The normalized spacial score (nSPS) is 12.3. The van der Waals surface area contributed by atoms with Crippen LogP contribution in [0.3, 0.4) is 0 Å². The van der Waals surface area contributed by atoms with Gasteiger partial charge in [-0.1, -0.05) is 72.3 Å². The van der Waals surface area contributed by atoms with Crippen molar-refractivity contribution in [3.63, 3.8) is 0 Å². The summed E-state index contributed by atoms with van der Waals surface area (Å²) < 4.78 is 13.6. The summed E-state index contributed by atoms with van der Waals surface area (Å²) in [5.74, 6) is 0. The first-order valence-electron chi connectivity index (χ1n) is 9.57. The van der Waals surface area contributed by atoms with Crippen LogP contribution in [-0.4, -0.2) is 9.19 Å². The average molecular weight is 394 g/mol. The van der Waals surface area contributed by atoms with Crippen molar-refractivity contribution >= 4 is 32.3 Å². The molecule has 0 aliphatic carbocycles. The number of pyridine rings is 1. The van der Waals surface area contributed by atoms with E-state index in [1.54, 1.807) is 0 Å². The Balaban J connectivity index is 1.84. The van der Waals surface area contributed by atoms with E-state index >= 15 is 0 Å². The third kappa shape index (κ3) is 3.14. The Morgan fingerprint density at radius 3 is 2.10 bits per heavy atom. The summed E-state index contributed by atoms with van der Waals surface area (Å²) in [4.78, 5) is 6.33. The number of hydrogen-bond acceptors (Lipinski definition) is 2. The van der Waals surface area contributed by atoms with E-state index in [1.165, 1.54) is 0 Å². The van der Waals surface area contributed by atoms with Crippen LogP contribution in [-0.2, 0) is 10.8 Å². The van der Waals surface area contributed by atoms with Gasteiger partial charge in [0.05, 0.1) is 21.4 Å². The molecule has 0 fully saturated rings. The Hall–Kier alpha value is -3.30. The highest BCUT2D eigenvalue weighted by Gasteiger charge is 2.19. The number of rotatable bonds is 3. The van der Waals surface area contributed by atoms with E-state index in [9.17, 15) is 4.21 Å². The van der Waals surface area contributed by atoms with Gasteiger partial charge in [-0.3, -0.25) is 4.98 Å². The van der Waals surface area contributed by atoms with Crippen LogP contribution in [0.4, 0.5) is 0 Å². The molecule has 0 amide bonds. The molecule has 1 aromatic heterocycles. The summed E-state index contributed by atoms with van der Waals surface area (Å²) in [6, 6.07) is 30.4. The number of nitrogens with zero attached hydrogens (tertiary/aromatic N) is 1. The number of aromatic nitrogens is 1. The molecule has 140 valence electrons. The Labute approximate surface area is 172 Å². The second-order valence-electron chi connectivity index (χ2n) is 7.12. The largest absolute Gasteiger partial charge is 0.256 e. The number of aryl methyl sites for hydroxylation is 1. The highest BCUT2D eigenvalue weighted by atomic mass is 32.2. The van der Waals surface area contributed by atoms with Crippen LogP contribution >= 0.6 is 0 Å². The Kier molecular flexibility index (Phi) is 4.45. The van der Waals surface area contributed by atoms with Gasteiger partial charge in [0.1, 0.15) is 0 Å². The van der Waals surface area contributed by atoms with E-state index in [0.717, 1.165) is 48.2 Å². The van der Waals surface area contributed by atoms with Crippen LogP contribution in [0.2, 0.25) is 0 Å². The third-order valence-corrected chi connectivity index (χ3v) is 6.68. The van der Waals surface area contributed by atoms with E-state index in [-0.39, 0.29) is 0 Å². The molecule has 0 radical (unpaired) electrons. The summed E-state index contributed by atoms with van der Waals surface area (Å²) in [6.45, 7) is 2.04. The lowest BCUT2D eigenvalue weighted by Gasteiger charge is -2.15. The minimum absolute atomic E-state index is 0.788. The highest BCUT2D eigenvalue weighted by Crippen LogP contribution is 2.38. The van der Waals surface area contributed by atoms with Crippen molar-refractivity contribution < 1.29 is 4.21 Å². The van der Waals surface area contributed by atoms with Crippen LogP contribution in [0.5, 0.6) is 0 Å². The first kappa shape index (κ1) is 17.8. The van der Waals surface area contributed by atoms with Gasteiger partial charge >= 0.3 is 0 Å². The first-order valence-corrected chi connectivity index (χ1v) is 10.7. The Morgan fingerprint density at radius 1 is 0.690 bits per heavy atom. The summed E-state index contributed by atoms with van der Waals surface area (Å²) in [5.41, 5.74) is 2.97. The Bertz CT molecular complexity index is 1370. The zero-order chi connectivity index (χ0) is 19.8. The zero-order valence-electron chi connectivity index (χ0n) is 16.0. The van der Waals surface area contributed by atoms with Crippen molar-refractivity contribution in [2.24, 2.45) is 0 Å². The molecule has 1 heterocycles. The van der Waals surface area contributed by atoms with E-state index in [0.29, 0.717) is 0 Å². The van der Waals surface area contributed by atoms with Crippen LogP contribution in [0.15, 0.2) is 107 Å². The van der Waals surface area contributed by atoms with E-state index in [1.807, 2.05) is 79.9 Å². The quantitative estimate of drug-likeness (QED) is 0.349. The number of benzene rings is 4. The predicted octanol–water partition coefficient (Wildman–Crippen LogP) is 6.53. The van der Waals surface area contributed by atoms with Gasteiger partial charge in [-0.05, 0) is 47.3 Å². The predicted molar refractivity (Wildman–Crippen MR) is 121 cm³/mol. The minimum atomic E-state index is -1.31. The molecule has 5 aromatic rings. The van der Waals surface area contributed by atoms with Crippen molar-refractivity contribution in [3.8, 4) is 11.3 Å². The molecule has 0 aliphatic heterocycles. The van der Waals surface area contributed by atoms with Gasteiger partial charge in [-0.15, -0.1) is 0 Å². The molecule has 3 heteroatoms. The molecular formula is C26H19NOS. The number of hydrogen-bond donors (Lipinski definition) is 0. The van der Waals surface area contributed by atoms with Gasteiger partial charge < -0.3 is 0 Å². The van der Waals surface area contributed by atoms with Crippen LogP contribution in [0, 0.1) is 6.92 Å². The monoisotopic (exact) mass is 393 g/mol. The molecule has 4 aromatic carbocycles. The van der Waals surface area contributed by atoms with Crippen molar-refractivity contribution in [3.05, 3.63) is 103 Å². The molecule has 0 saturated heterocycles. The molecular weight excluding hydrogens is 374 g/mol. The van der Waals surface area contributed by atoms with E-state index in [4.69, 9.17) is 4.98 Å². The lowest BCUT2D eigenvalue weighted by atomic mass is 9.98. The molecule has 0 saturated carbocycles. The fourth-order valence-electron chi connectivity index (χ4n) is 3.76. The maximum absolute atomic E-state index is 13.6. The van der Waals surface area contributed by atoms with Gasteiger partial charge in [0.2, 0.25) is 0 Å². The Morgan fingerprint density at radius 2 is 1.34 bits per heavy atom. The summed E-state index contributed by atoms with van der Waals surface area (Å²) in [5, 5.41) is 4.36. The highest BCUT2D eigenvalue weighted by molar-refractivity contribution is 7.85. The maximum atomic E-state index is 13.6. The standard InChI is InChI=1S/C26H19NOS/c1-18-10-13-21(14-11-18)29(28)24-15-12-19-6-2-4-8-22(19)25(24)26-23-9-5-3-7-20(23)16-17-27-26/h2-17H,1H3/t29-/m0/s1. The molecule has 0 unspecified atom stereocenters. The van der Waals surface area contributed by atoms with Crippen LogP contribution in [0.1, 0.15) is 5.56 Å². The molecule has 1 atom stereocenters. The zero-order valence-corrected chi connectivity index (χ0v) is 16.8. The fourth-order valence-corrected chi connectivity index (χ4v) is 4.98. The van der Waals surface area contributed by atoms with Gasteiger partial charge in [0.15, 0.2) is 0 Å². The molecule has 29 heavy (non-hydrogen) atoms. The lowest BCUT2D eigenvalue weighted by molar-refractivity contribution is 0.683. The van der Waals surface area contributed by atoms with Gasteiger partial charge in [-0.25, -0.2) is 4.21 Å². The minimum Gasteiger partial charge on any atom is -0.256 e. The summed E-state index contributed by atoms with van der Waals surface area (Å²) >= 11 is 0. The third-order valence-electron chi connectivity index (χ3n) is 5.24. The van der Waals surface area contributed by atoms with Crippen molar-refractivity contribution in [1.82, 2.24) is 4.98 Å². The van der Waals surface area contributed by atoms with Gasteiger partial charge in [-0.2, -0.15) is 0 Å². The molecule has 0 aliphatic rings.